The minimum atomic E-state index is -3.62. The van der Waals surface area contributed by atoms with E-state index in [1.54, 1.807) is 31.3 Å². The lowest BCUT2D eigenvalue weighted by molar-refractivity contribution is 0.150. The van der Waals surface area contributed by atoms with Gasteiger partial charge in [-0.25, -0.2) is 12.8 Å². The van der Waals surface area contributed by atoms with Crippen molar-refractivity contribution in [2.75, 3.05) is 31.8 Å². The molecule has 7 nitrogen and oxygen atoms in total. The van der Waals surface area contributed by atoms with E-state index in [2.05, 4.69) is 11.9 Å². The third-order valence-corrected chi connectivity index (χ3v) is 7.27. The first kappa shape index (κ1) is 25.4. The summed E-state index contributed by atoms with van der Waals surface area (Å²) < 4.78 is 51.2. The molecule has 0 aliphatic rings. The average molecular weight is 511 g/mol. The number of halogens is 1. The quantitative estimate of drug-likeness (QED) is 0.252. The highest BCUT2D eigenvalue weighted by atomic mass is 32.2. The molecule has 0 saturated heterocycles. The van der Waals surface area contributed by atoms with Gasteiger partial charge in [0, 0.05) is 40.8 Å². The van der Waals surface area contributed by atoms with Crippen LogP contribution >= 0.6 is 0 Å². The van der Waals surface area contributed by atoms with E-state index < -0.39 is 22.1 Å². The summed E-state index contributed by atoms with van der Waals surface area (Å²) in [6.45, 7) is 3.90. The predicted octanol–water partition coefficient (Wildman–Crippen LogP) is 5.13. The fourth-order valence-electron chi connectivity index (χ4n) is 4.03. The number of nitrogens with zero attached hydrogens (tertiary/aromatic N) is 1. The van der Waals surface area contributed by atoms with Crippen molar-refractivity contribution in [3.63, 3.8) is 0 Å². The molecule has 36 heavy (non-hydrogen) atoms. The van der Waals surface area contributed by atoms with Crippen molar-refractivity contribution in [2.45, 2.75) is 6.23 Å². The number of anilines is 1. The number of ether oxygens (including phenoxy) is 1. The second kappa shape index (κ2) is 9.77. The molecule has 4 rings (SSSR count). The van der Waals surface area contributed by atoms with Crippen LogP contribution in [0.4, 0.5) is 10.1 Å². The fourth-order valence-corrected chi connectivity index (χ4v) is 4.54. The maximum atomic E-state index is 13.6. The van der Waals surface area contributed by atoms with Gasteiger partial charge in [-0.3, -0.25) is 9.62 Å². The maximum absolute atomic E-state index is 13.6. The van der Waals surface area contributed by atoms with Crippen LogP contribution in [0.3, 0.4) is 0 Å². The van der Waals surface area contributed by atoms with Crippen molar-refractivity contribution in [2.24, 2.45) is 0 Å². The van der Waals surface area contributed by atoms with Crippen LogP contribution in [0, 0.1) is 5.82 Å². The molecule has 4 aromatic rings. The van der Waals surface area contributed by atoms with Gasteiger partial charge in [0.05, 0.1) is 19.1 Å². The number of furan rings is 1. The topological polar surface area (TPSA) is 92.0 Å². The molecule has 188 valence electrons. The van der Waals surface area contributed by atoms with Crippen LogP contribution in [0.1, 0.15) is 17.4 Å². The molecular formula is C27H27FN2O5S. The first-order valence-electron chi connectivity index (χ1n) is 11.0. The lowest BCUT2D eigenvalue weighted by Crippen LogP contribution is -2.25. The van der Waals surface area contributed by atoms with Crippen LogP contribution in [0.25, 0.3) is 39.2 Å². The van der Waals surface area contributed by atoms with Crippen LogP contribution < -0.4 is 9.62 Å². The van der Waals surface area contributed by atoms with Gasteiger partial charge in [0.25, 0.3) is 0 Å². The molecule has 0 aliphatic carbocycles. The summed E-state index contributed by atoms with van der Waals surface area (Å²) in [4.78, 5) is 0. The Balaban J connectivity index is 2.06. The fraction of sp³-hybridized carbons (Fsp3) is 0.185. The number of aliphatic hydroxyl groups is 1. The van der Waals surface area contributed by atoms with Crippen LogP contribution in [0.2, 0.25) is 0 Å². The van der Waals surface area contributed by atoms with Crippen molar-refractivity contribution >= 4 is 32.4 Å². The number of sulfonamides is 1. The maximum Gasteiger partial charge on any atom is 0.232 e. The van der Waals surface area contributed by atoms with E-state index in [9.17, 15) is 17.9 Å². The third-order valence-electron chi connectivity index (χ3n) is 6.08. The van der Waals surface area contributed by atoms with Crippen molar-refractivity contribution < 1.29 is 27.1 Å². The molecule has 9 heteroatoms. The first-order valence-corrected chi connectivity index (χ1v) is 12.9. The van der Waals surface area contributed by atoms with Gasteiger partial charge in [-0.2, -0.15) is 0 Å². The molecular weight excluding hydrogens is 483 g/mol. The zero-order valence-electron chi connectivity index (χ0n) is 20.4. The second-order valence-corrected chi connectivity index (χ2v) is 10.4. The van der Waals surface area contributed by atoms with E-state index >= 15 is 0 Å². The molecule has 2 N–H and O–H groups in total. The Hall–Kier alpha value is -3.66. The molecule has 0 saturated carbocycles. The largest absolute Gasteiger partial charge is 0.497 e. The van der Waals surface area contributed by atoms with Crippen LogP contribution in [0.15, 0.2) is 71.7 Å². The molecule has 1 atom stereocenters. The summed E-state index contributed by atoms with van der Waals surface area (Å²) in [6.07, 6.45) is 0.0177. The van der Waals surface area contributed by atoms with Crippen molar-refractivity contribution in [1.29, 1.82) is 0 Å². The molecule has 0 fully saturated rings. The SMILES string of the molecule is C=C(OC)c1cccc(-c2cc3c(C(O)NC)c(-c4ccc(F)cc4)oc3cc2N(C)S(C)(=O)=O)c1. The molecule has 0 radical (unpaired) electrons. The summed E-state index contributed by atoms with van der Waals surface area (Å²) in [5, 5.41) is 14.2. The monoisotopic (exact) mass is 510 g/mol. The lowest BCUT2D eigenvalue weighted by Gasteiger charge is -2.21. The molecule has 3 aromatic carbocycles. The standard InChI is InChI=1S/C27H27FN2O5S/c1-16(34-4)18-7-6-8-19(13-18)21-14-22-24(15-23(21)30(3)36(5,32)33)35-26(25(22)27(31)29-2)17-9-11-20(28)12-10-17/h6-15,27,29,31H,1H2,2-5H3. The van der Waals surface area contributed by atoms with E-state index in [0.717, 1.165) is 11.8 Å². The average Bonchev–Trinajstić information content (AvgIpc) is 3.24. The summed E-state index contributed by atoms with van der Waals surface area (Å²) in [7, 11) is 0.969. The van der Waals surface area contributed by atoms with Crippen molar-refractivity contribution in [1.82, 2.24) is 5.32 Å². The summed E-state index contributed by atoms with van der Waals surface area (Å²) in [5.41, 5.74) is 3.81. The number of aliphatic hydroxyl groups excluding tert-OH is 1. The van der Waals surface area contributed by atoms with Gasteiger partial charge < -0.3 is 14.3 Å². The van der Waals surface area contributed by atoms with Crippen molar-refractivity contribution in [3.05, 3.63) is 84.2 Å². The van der Waals surface area contributed by atoms with Crippen LogP contribution in [0.5, 0.6) is 0 Å². The Kier molecular flexibility index (Phi) is 6.90. The number of rotatable bonds is 8. The number of methoxy groups -OCH3 is 1. The minimum absolute atomic E-state index is 0.346. The summed E-state index contributed by atoms with van der Waals surface area (Å²) in [6, 6.07) is 16.5. The second-order valence-electron chi connectivity index (χ2n) is 8.35. The van der Waals surface area contributed by atoms with E-state index in [-0.39, 0.29) is 0 Å². The Morgan fingerprint density at radius 1 is 1.14 bits per heavy atom. The minimum Gasteiger partial charge on any atom is -0.497 e. The zero-order chi connectivity index (χ0) is 26.2. The Labute approximate surface area is 209 Å². The van der Waals surface area contributed by atoms with Gasteiger partial charge in [-0.1, -0.05) is 24.8 Å². The van der Waals surface area contributed by atoms with Crippen LogP contribution in [-0.4, -0.2) is 41.0 Å². The number of nitrogens with one attached hydrogen (secondary N) is 1. The van der Waals surface area contributed by atoms with Crippen LogP contribution in [-0.2, 0) is 14.8 Å². The molecule has 0 spiro atoms. The predicted molar refractivity (Wildman–Crippen MR) is 140 cm³/mol. The first-order chi connectivity index (χ1) is 17.0. The Bertz CT molecular complexity index is 1540. The molecule has 0 bridgehead atoms. The van der Waals surface area contributed by atoms with E-state index in [4.69, 9.17) is 9.15 Å². The van der Waals surface area contributed by atoms with Gasteiger partial charge >= 0.3 is 0 Å². The highest BCUT2D eigenvalue weighted by molar-refractivity contribution is 7.92. The van der Waals surface area contributed by atoms with Gasteiger partial charge in [-0.05, 0) is 49.0 Å². The van der Waals surface area contributed by atoms with Crippen molar-refractivity contribution in [3.8, 4) is 22.5 Å². The number of fused-ring (bicyclic) bond motifs is 1. The zero-order valence-corrected chi connectivity index (χ0v) is 21.2. The van der Waals surface area contributed by atoms with Gasteiger partial charge in [0.2, 0.25) is 10.0 Å². The van der Waals surface area contributed by atoms with Gasteiger partial charge in [0.1, 0.15) is 29.1 Å². The Morgan fingerprint density at radius 3 is 2.44 bits per heavy atom. The van der Waals surface area contributed by atoms with E-state index in [1.165, 1.54) is 30.6 Å². The Morgan fingerprint density at radius 2 is 1.83 bits per heavy atom. The summed E-state index contributed by atoms with van der Waals surface area (Å²) in [5.74, 6) is 0.407. The highest BCUT2D eigenvalue weighted by Gasteiger charge is 2.26. The van der Waals surface area contributed by atoms with E-state index in [1.807, 2.05) is 24.3 Å². The lowest BCUT2D eigenvalue weighted by atomic mass is 9.97. The normalized spacial score (nSPS) is 12.5. The molecule has 1 aromatic heterocycles. The number of hydrogen-bond donors (Lipinski definition) is 2. The van der Waals surface area contributed by atoms with Gasteiger partial charge in [-0.15, -0.1) is 0 Å². The van der Waals surface area contributed by atoms with E-state index in [0.29, 0.717) is 50.4 Å². The molecule has 1 unspecified atom stereocenters. The molecule has 0 amide bonds. The number of hydrogen-bond acceptors (Lipinski definition) is 6. The highest BCUT2D eigenvalue weighted by Crippen LogP contribution is 2.43. The smallest absolute Gasteiger partial charge is 0.232 e. The summed E-state index contributed by atoms with van der Waals surface area (Å²) >= 11 is 0. The molecule has 1 heterocycles. The third kappa shape index (κ3) is 4.73. The van der Waals surface area contributed by atoms with Gasteiger partial charge in [0.15, 0.2) is 0 Å². The number of benzene rings is 3. The molecule has 0 aliphatic heterocycles.